The number of piperidine rings is 1. The minimum absolute atomic E-state index is 0.0660. The fourth-order valence-corrected chi connectivity index (χ4v) is 4.58. The van der Waals surface area contributed by atoms with Crippen LogP contribution in [0.3, 0.4) is 0 Å². The van der Waals surface area contributed by atoms with Crippen molar-refractivity contribution in [1.82, 2.24) is 19.8 Å². The molecule has 1 aliphatic carbocycles. The van der Waals surface area contributed by atoms with Gasteiger partial charge < -0.3 is 14.8 Å². The molecule has 1 spiro atoms. The number of carbonyl (C=O) groups excluding carboxylic acids is 1. The van der Waals surface area contributed by atoms with E-state index in [4.69, 9.17) is 4.98 Å². The molecule has 1 amide bonds. The second-order valence-electron chi connectivity index (χ2n) is 8.35. The van der Waals surface area contributed by atoms with E-state index < -0.39 is 0 Å². The summed E-state index contributed by atoms with van der Waals surface area (Å²) in [7, 11) is 0. The topological polar surface area (TPSA) is 50.2 Å². The van der Waals surface area contributed by atoms with Gasteiger partial charge in [-0.25, -0.2) is 4.98 Å². The number of hydrogen-bond acceptors (Lipinski definition) is 3. The van der Waals surface area contributed by atoms with Crippen LogP contribution in [-0.4, -0.2) is 40.0 Å². The van der Waals surface area contributed by atoms with Gasteiger partial charge in [0.25, 0.3) is 0 Å². The van der Waals surface area contributed by atoms with Gasteiger partial charge in [0.1, 0.15) is 5.82 Å². The minimum Gasteiger partial charge on any atom is -0.342 e. The van der Waals surface area contributed by atoms with Crippen LogP contribution in [0.5, 0.6) is 0 Å². The van der Waals surface area contributed by atoms with Crippen LogP contribution in [0.4, 0.5) is 0 Å². The van der Waals surface area contributed by atoms with Gasteiger partial charge in [0.05, 0.1) is 17.4 Å². The number of nitrogens with zero attached hydrogens (tertiary/aromatic N) is 3. The van der Waals surface area contributed by atoms with Crippen LogP contribution in [0.1, 0.15) is 38.4 Å². The van der Waals surface area contributed by atoms with Gasteiger partial charge in [-0.15, -0.1) is 0 Å². The molecule has 2 fully saturated rings. The lowest BCUT2D eigenvalue weighted by Gasteiger charge is -2.45. The Balaban J connectivity index is 1.41. The van der Waals surface area contributed by atoms with E-state index in [0.717, 1.165) is 57.7 Å². The van der Waals surface area contributed by atoms with Gasteiger partial charge in [0.2, 0.25) is 5.91 Å². The van der Waals surface area contributed by atoms with E-state index in [2.05, 4.69) is 46.0 Å². The van der Waals surface area contributed by atoms with E-state index >= 15 is 0 Å². The summed E-state index contributed by atoms with van der Waals surface area (Å²) in [5.74, 6) is 1.50. The van der Waals surface area contributed by atoms with Crippen LogP contribution in [-0.2, 0) is 16.9 Å². The SMILES string of the molecule is CC1(C(=O)N2CCC3(CC2)NCCn2c(-c4ccccc4)cnc23)CC1. The number of imidazole rings is 1. The molecule has 1 saturated heterocycles. The molecule has 5 rings (SSSR count). The van der Waals surface area contributed by atoms with Gasteiger partial charge in [-0.1, -0.05) is 37.3 Å². The lowest BCUT2D eigenvalue weighted by molar-refractivity contribution is -0.138. The number of nitrogens with one attached hydrogen (secondary N) is 1. The van der Waals surface area contributed by atoms with E-state index in [9.17, 15) is 4.79 Å². The van der Waals surface area contributed by atoms with E-state index in [1.54, 1.807) is 0 Å². The van der Waals surface area contributed by atoms with Gasteiger partial charge in [-0.2, -0.15) is 0 Å². The van der Waals surface area contributed by atoms with Crippen LogP contribution >= 0.6 is 0 Å². The number of rotatable bonds is 2. The zero-order valence-electron chi connectivity index (χ0n) is 15.4. The van der Waals surface area contributed by atoms with Crippen molar-refractivity contribution >= 4 is 5.91 Å². The predicted octanol–water partition coefficient (Wildman–Crippen LogP) is 2.77. The molecule has 3 heterocycles. The second-order valence-corrected chi connectivity index (χ2v) is 8.35. The summed E-state index contributed by atoms with van der Waals surface area (Å²) in [5, 5.41) is 3.75. The molecule has 26 heavy (non-hydrogen) atoms. The molecule has 0 unspecified atom stereocenters. The van der Waals surface area contributed by atoms with Crippen LogP contribution < -0.4 is 5.32 Å². The molecule has 2 aliphatic heterocycles. The monoisotopic (exact) mass is 350 g/mol. The molecule has 3 aliphatic rings. The Morgan fingerprint density at radius 2 is 1.81 bits per heavy atom. The summed E-state index contributed by atoms with van der Waals surface area (Å²) in [6, 6.07) is 10.5. The zero-order chi connectivity index (χ0) is 17.8. The van der Waals surface area contributed by atoms with Crippen molar-refractivity contribution in [3.8, 4) is 11.3 Å². The maximum absolute atomic E-state index is 12.7. The first-order valence-electron chi connectivity index (χ1n) is 9.77. The maximum Gasteiger partial charge on any atom is 0.228 e. The third-order valence-electron chi connectivity index (χ3n) is 6.57. The third kappa shape index (κ3) is 2.41. The summed E-state index contributed by atoms with van der Waals surface area (Å²) < 4.78 is 2.38. The summed E-state index contributed by atoms with van der Waals surface area (Å²) in [6.45, 7) is 5.66. The first kappa shape index (κ1) is 16.1. The average molecular weight is 350 g/mol. The van der Waals surface area contributed by atoms with Crippen LogP contribution in [0.25, 0.3) is 11.3 Å². The minimum atomic E-state index is -0.0908. The van der Waals surface area contributed by atoms with E-state index in [1.165, 1.54) is 11.3 Å². The number of amides is 1. The normalized spacial score (nSPS) is 22.9. The molecule has 0 bridgehead atoms. The second kappa shape index (κ2) is 5.68. The van der Waals surface area contributed by atoms with Crippen molar-refractivity contribution in [3.05, 3.63) is 42.4 Å². The number of aromatic nitrogens is 2. The Morgan fingerprint density at radius 1 is 1.08 bits per heavy atom. The summed E-state index contributed by atoms with van der Waals surface area (Å²) in [5.41, 5.74) is 2.26. The van der Waals surface area contributed by atoms with E-state index in [-0.39, 0.29) is 11.0 Å². The predicted molar refractivity (Wildman–Crippen MR) is 100 cm³/mol. The number of carbonyl (C=O) groups is 1. The van der Waals surface area contributed by atoms with E-state index in [1.807, 2.05) is 12.3 Å². The molecule has 5 nitrogen and oxygen atoms in total. The van der Waals surface area contributed by atoms with Crippen molar-refractivity contribution in [2.24, 2.45) is 5.41 Å². The number of fused-ring (bicyclic) bond motifs is 2. The number of hydrogen-bond donors (Lipinski definition) is 1. The molecular formula is C21H26N4O. The summed E-state index contributed by atoms with van der Waals surface area (Å²) in [6.07, 6.45) is 6.01. The molecule has 1 N–H and O–H groups in total. The highest BCUT2D eigenvalue weighted by Gasteiger charge is 2.49. The van der Waals surface area contributed by atoms with Gasteiger partial charge in [-0.3, -0.25) is 4.79 Å². The Morgan fingerprint density at radius 3 is 2.50 bits per heavy atom. The first-order chi connectivity index (χ1) is 12.6. The molecular weight excluding hydrogens is 324 g/mol. The molecule has 0 atom stereocenters. The van der Waals surface area contributed by atoms with Crippen molar-refractivity contribution < 1.29 is 4.79 Å². The molecule has 1 aromatic heterocycles. The smallest absolute Gasteiger partial charge is 0.228 e. The summed E-state index contributed by atoms with van der Waals surface area (Å²) >= 11 is 0. The Hall–Kier alpha value is -2.14. The van der Waals surface area contributed by atoms with Crippen LogP contribution in [0.15, 0.2) is 36.5 Å². The largest absolute Gasteiger partial charge is 0.342 e. The fourth-order valence-electron chi connectivity index (χ4n) is 4.58. The quantitative estimate of drug-likeness (QED) is 0.906. The standard InChI is InChI=1S/C21H26N4O/c1-20(7-8-20)19(26)24-12-9-21(10-13-24)18-22-15-17(25(18)14-11-23-21)16-5-3-2-4-6-16/h2-6,15,23H,7-14H2,1H3. The zero-order valence-corrected chi connectivity index (χ0v) is 15.4. The van der Waals surface area contributed by atoms with Crippen molar-refractivity contribution in [2.45, 2.75) is 44.7 Å². The van der Waals surface area contributed by atoms with Gasteiger partial charge in [0, 0.05) is 31.6 Å². The molecule has 5 heteroatoms. The Kier molecular flexibility index (Phi) is 3.51. The molecule has 136 valence electrons. The lowest BCUT2D eigenvalue weighted by atomic mass is 9.84. The van der Waals surface area contributed by atoms with Gasteiger partial charge in [0.15, 0.2) is 0 Å². The number of benzene rings is 1. The molecule has 0 radical (unpaired) electrons. The highest BCUT2D eigenvalue weighted by atomic mass is 16.2. The fraction of sp³-hybridized carbons (Fsp3) is 0.524. The highest BCUT2D eigenvalue weighted by Crippen LogP contribution is 2.47. The summed E-state index contributed by atoms with van der Waals surface area (Å²) in [4.78, 5) is 19.6. The maximum atomic E-state index is 12.7. The lowest BCUT2D eigenvalue weighted by Crippen LogP contribution is -2.57. The number of likely N-dealkylation sites (tertiary alicyclic amines) is 1. The van der Waals surface area contributed by atoms with E-state index in [0.29, 0.717) is 5.91 Å². The molecule has 2 aromatic rings. The van der Waals surface area contributed by atoms with Gasteiger partial charge >= 0.3 is 0 Å². The van der Waals surface area contributed by atoms with Crippen LogP contribution in [0.2, 0.25) is 0 Å². The molecule has 1 aromatic carbocycles. The first-order valence-corrected chi connectivity index (χ1v) is 9.77. The highest BCUT2D eigenvalue weighted by molar-refractivity contribution is 5.85. The Labute approximate surface area is 154 Å². The average Bonchev–Trinajstić information content (AvgIpc) is 3.28. The Bertz CT molecular complexity index is 829. The van der Waals surface area contributed by atoms with Crippen molar-refractivity contribution in [3.63, 3.8) is 0 Å². The third-order valence-corrected chi connectivity index (χ3v) is 6.57. The van der Waals surface area contributed by atoms with Gasteiger partial charge in [-0.05, 0) is 31.2 Å². The molecule has 1 saturated carbocycles. The van der Waals surface area contributed by atoms with Crippen LogP contribution in [0, 0.1) is 5.41 Å². The van der Waals surface area contributed by atoms with Crippen molar-refractivity contribution in [2.75, 3.05) is 19.6 Å². The van der Waals surface area contributed by atoms with Crippen molar-refractivity contribution in [1.29, 1.82) is 0 Å².